The molecular weight excluding hydrogens is 508 g/mol. The molecule has 164 valence electrons. The summed E-state index contributed by atoms with van der Waals surface area (Å²) in [5.41, 5.74) is 2.16. The number of para-hydroxylation sites is 1. The fourth-order valence-electron chi connectivity index (χ4n) is 3.22. The zero-order valence-corrected chi connectivity index (χ0v) is 19.0. The molecule has 30 heavy (non-hydrogen) atoms. The summed E-state index contributed by atoms with van der Waals surface area (Å²) in [5, 5.41) is 6.31. The van der Waals surface area contributed by atoms with Crippen molar-refractivity contribution in [2.75, 3.05) is 38.3 Å². The zero-order chi connectivity index (χ0) is 20.7. The SMILES string of the molecule is CN=C(NCc1cccc(C(F)(F)F)c1)NCc1ccccc1N1CCOCC1.I. The van der Waals surface area contributed by atoms with Gasteiger partial charge in [-0.25, -0.2) is 0 Å². The molecule has 0 spiro atoms. The maximum atomic E-state index is 12.9. The number of ether oxygens (including phenoxy) is 1. The highest BCUT2D eigenvalue weighted by Gasteiger charge is 2.30. The summed E-state index contributed by atoms with van der Waals surface area (Å²) in [5.74, 6) is 0.527. The van der Waals surface area contributed by atoms with Gasteiger partial charge in [-0.05, 0) is 29.3 Å². The van der Waals surface area contributed by atoms with Crippen LogP contribution in [0.5, 0.6) is 0 Å². The minimum absolute atomic E-state index is 0. The van der Waals surface area contributed by atoms with Crippen molar-refractivity contribution in [3.05, 3.63) is 65.2 Å². The zero-order valence-electron chi connectivity index (χ0n) is 16.7. The van der Waals surface area contributed by atoms with Crippen molar-refractivity contribution in [1.82, 2.24) is 10.6 Å². The number of aliphatic imine (C=N–C) groups is 1. The van der Waals surface area contributed by atoms with Crippen molar-refractivity contribution >= 4 is 35.6 Å². The summed E-state index contributed by atoms with van der Waals surface area (Å²) < 4.78 is 44.0. The molecule has 1 aliphatic rings. The third-order valence-corrected chi connectivity index (χ3v) is 4.73. The third-order valence-electron chi connectivity index (χ3n) is 4.73. The molecule has 0 radical (unpaired) electrons. The Morgan fingerprint density at radius 2 is 1.73 bits per heavy atom. The van der Waals surface area contributed by atoms with Crippen LogP contribution in [0.2, 0.25) is 0 Å². The van der Waals surface area contributed by atoms with Gasteiger partial charge >= 0.3 is 6.18 Å². The summed E-state index contributed by atoms with van der Waals surface area (Å²) in [7, 11) is 1.63. The van der Waals surface area contributed by atoms with Crippen LogP contribution in [0.1, 0.15) is 16.7 Å². The van der Waals surface area contributed by atoms with Gasteiger partial charge in [0.05, 0.1) is 18.8 Å². The maximum Gasteiger partial charge on any atom is 0.416 e. The quantitative estimate of drug-likeness (QED) is 0.346. The Morgan fingerprint density at radius 1 is 1.03 bits per heavy atom. The number of rotatable bonds is 5. The smallest absolute Gasteiger partial charge is 0.378 e. The van der Waals surface area contributed by atoms with Crippen molar-refractivity contribution in [2.24, 2.45) is 4.99 Å². The van der Waals surface area contributed by atoms with Gasteiger partial charge in [0, 0.05) is 38.9 Å². The van der Waals surface area contributed by atoms with Crippen molar-refractivity contribution in [3.63, 3.8) is 0 Å². The molecule has 0 aromatic heterocycles. The molecule has 0 saturated carbocycles. The van der Waals surface area contributed by atoms with Crippen molar-refractivity contribution in [2.45, 2.75) is 19.3 Å². The number of hydrogen-bond acceptors (Lipinski definition) is 3. The number of morpholine rings is 1. The summed E-state index contributed by atoms with van der Waals surface area (Å²) >= 11 is 0. The van der Waals surface area contributed by atoms with Gasteiger partial charge in [0.2, 0.25) is 0 Å². The average molecular weight is 534 g/mol. The van der Waals surface area contributed by atoms with E-state index in [1.54, 1.807) is 13.1 Å². The van der Waals surface area contributed by atoms with E-state index in [1.807, 2.05) is 12.1 Å². The monoisotopic (exact) mass is 534 g/mol. The van der Waals surface area contributed by atoms with Crippen LogP contribution in [0.15, 0.2) is 53.5 Å². The summed E-state index contributed by atoms with van der Waals surface area (Å²) in [6.07, 6.45) is -4.35. The molecule has 0 bridgehead atoms. The molecule has 0 unspecified atom stereocenters. The number of nitrogens with zero attached hydrogens (tertiary/aromatic N) is 2. The highest BCUT2D eigenvalue weighted by molar-refractivity contribution is 14.0. The Hall–Kier alpha value is -2.01. The lowest BCUT2D eigenvalue weighted by Crippen LogP contribution is -2.39. The second-order valence-electron chi connectivity index (χ2n) is 6.71. The van der Waals surface area contributed by atoms with E-state index in [0.717, 1.165) is 36.5 Å². The Kier molecular flexibility index (Phi) is 9.22. The van der Waals surface area contributed by atoms with Crippen molar-refractivity contribution in [1.29, 1.82) is 0 Å². The second kappa shape index (κ2) is 11.4. The molecule has 1 aliphatic heterocycles. The summed E-state index contributed by atoms with van der Waals surface area (Å²) in [6.45, 7) is 3.91. The largest absolute Gasteiger partial charge is 0.416 e. The van der Waals surface area contributed by atoms with Crippen molar-refractivity contribution in [3.8, 4) is 0 Å². The molecule has 2 aromatic rings. The normalized spacial score (nSPS) is 14.8. The number of alkyl halides is 3. The van der Waals surface area contributed by atoms with Gasteiger partial charge in [-0.2, -0.15) is 13.2 Å². The van der Waals surface area contributed by atoms with E-state index in [4.69, 9.17) is 4.74 Å². The molecule has 9 heteroatoms. The maximum absolute atomic E-state index is 12.9. The van der Waals surface area contributed by atoms with Gasteiger partial charge in [-0.1, -0.05) is 30.3 Å². The molecule has 0 atom stereocenters. The van der Waals surface area contributed by atoms with Crippen LogP contribution in [0.4, 0.5) is 18.9 Å². The lowest BCUT2D eigenvalue weighted by molar-refractivity contribution is -0.137. The van der Waals surface area contributed by atoms with E-state index >= 15 is 0 Å². The van der Waals surface area contributed by atoms with Gasteiger partial charge in [0.1, 0.15) is 0 Å². The standard InChI is InChI=1S/C21H25F3N4O.HI/c1-25-20(26-14-16-5-4-7-18(13-16)21(22,23)24)27-15-17-6-2-3-8-19(17)28-9-11-29-12-10-28;/h2-8,13H,9-12,14-15H2,1H3,(H2,25,26,27);1H. The Balaban J connectivity index is 0.00000320. The van der Waals surface area contributed by atoms with Gasteiger partial charge in [-0.15, -0.1) is 24.0 Å². The van der Waals surface area contributed by atoms with Crippen molar-refractivity contribution < 1.29 is 17.9 Å². The first kappa shape index (κ1) is 24.3. The van der Waals surface area contributed by atoms with E-state index in [0.29, 0.717) is 31.3 Å². The summed E-state index contributed by atoms with van der Waals surface area (Å²) in [4.78, 5) is 6.46. The average Bonchev–Trinajstić information content (AvgIpc) is 2.74. The number of benzene rings is 2. The van der Waals surface area contributed by atoms with E-state index < -0.39 is 11.7 Å². The minimum Gasteiger partial charge on any atom is -0.378 e. The summed E-state index contributed by atoms with van der Waals surface area (Å²) in [6, 6.07) is 13.4. The van der Waals surface area contributed by atoms with Gasteiger partial charge in [0.25, 0.3) is 0 Å². The van der Waals surface area contributed by atoms with Gasteiger partial charge in [0.15, 0.2) is 5.96 Å². The Labute approximate surface area is 191 Å². The lowest BCUT2D eigenvalue weighted by Gasteiger charge is -2.30. The molecule has 1 saturated heterocycles. The fraction of sp³-hybridized carbons (Fsp3) is 0.381. The second-order valence-corrected chi connectivity index (χ2v) is 6.71. The number of halogens is 4. The predicted octanol–water partition coefficient (Wildman–Crippen LogP) is 4.03. The van der Waals surface area contributed by atoms with Crippen LogP contribution in [-0.2, 0) is 24.0 Å². The molecule has 2 aromatic carbocycles. The highest BCUT2D eigenvalue weighted by atomic mass is 127. The number of nitrogens with one attached hydrogen (secondary N) is 2. The van der Waals surface area contributed by atoms with E-state index in [1.165, 1.54) is 6.07 Å². The Morgan fingerprint density at radius 3 is 2.43 bits per heavy atom. The van der Waals surface area contributed by atoms with Gasteiger partial charge in [-0.3, -0.25) is 4.99 Å². The molecule has 3 rings (SSSR count). The van der Waals surface area contributed by atoms with Gasteiger partial charge < -0.3 is 20.3 Å². The number of hydrogen-bond donors (Lipinski definition) is 2. The predicted molar refractivity (Wildman–Crippen MR) is 123 cm³/mol. The van der Waals surface area contributed by atoms with Crippen LogP contribution < -0.4 is 15.5 Å². The minimum atomic E-state index is -4.35. The Bertz CT molecular complexity index is 839. The fourth-order valence-corrected chi connectivity index (χ4v) is 3.22. The number of guanidine groups is 1. The van der Waals surface area contributed by atoms with Crippen LogP contribution in [0, 0.1) is 0 Å². The van der Waals surface area contributed by atoms with Crippen LogP contribution in [-0.4, -0.2) is 39.3 Å². The highest BCUT2D eigenvalue weighted by Crippen LogP contribution is 2.29. The van der Waals surface area contributed by atoms with Crippen LogP contribution in [0.3, 0.4) is 0 Å². The van der Waals surface area contributed by atoms with Crippen LogP contribution in [0.25, 0.3) is 0 Å². The van der Waals surface area contributed by atoms with E-state index in [9.17, 15) is 13.2 Å². The molecule has 0 amide bonds. The van der Waals surface area contributed by atoms with E-state index in [2.05, 4.69) is 32.7 Å². The first-order valence-electron chi connectivity index (χ1n) is 9.48. The third kappa shape index (κ3) is 6.76. The number of anilines is 1. The lowest BCUT2D eigenvalue weighted by atomic mass is 10.1. The first-order valence-corrected chi connectivity index (χ1v) is 9.48. The molecule has 1 heterocycles. The molecular formula is C21H26F3IN4O. The molecule has 0 aliphatic carbocycles. The topological polar surface area (TPSA) is 48.9 Å². The molecule has 1 fully saturated rings. The molecule has 2 N–H and O–H groups in total. The first-order chi connectivity index (χ1) is 14.0. The van der Waals surface area contributed by atoms with E-state index in [-0.39, 0.29) is 30.5 Å². The van der Waals surface area contributed by atoms with Crippen LogP contribution >= 0.6 is 24.0 Å². The molecule has 5 nitrogen and oxygen atoms in total.